The molecule has 1 fully saturated rings. The average molecular weight is 331 g/mol. The van der Waals surface area contributed by atoms with Crippen molar-refractivity contribution in [2.45, 2.75) is 0 Å². The summed E-state index contributed by atoms with van der Waals surface area (Å²) in [6.45, 7) is 5.63. The van der Waals surface area contributed by atoms with E-state index in [1.165, 1.54) is 0 Å². The highest BCUT2D eigenvalue weighted by Crippen LogP contribution is 2.22. The number of rotatable bonds is 4. The molecule has 0 bridgehead atoms. The van der Waals surface area contributed by atoms with E-state index in [1.54, 1.807) is 30.1 Å². The molecule has 1 heterocycles. The number of nitrogens with one attached hydrogen (secondary N) is 2. The van der Waals surface area contributed by atoms with Gasteiger partial charge in [-0.2, -0.15) is 0 Å². The summed E-state index contributed by atoms with van der Waals surface area (Å²) in [5.41, 5.74) is 0.603. The molecule has 0 radical (unpaired) electrons. The van der Waals surface area contributed by atoms with Crippen molar-refractivity contribution in [2.75, 3.05) is 51.6 Å². The maximum atomic E-state index is 12.1. The van der Waals surface area contributed by atoms with Crippen molar-refractivity contribution in [3.63, 3.8) is 0 Å². The molecule has 1 saturated heterocycles. The van der Waals surface area contributed by atoms with Gasteiger partial charge in [0.05, 0.1) is 0 Å². The molecule has 0 aromatic heterocycles. The normalized spacial score (nSPS) is 15.8. The standard InChI is InChI=1S/C14H20Cl2N4O/c1-19(6-7-20-4-2-17-3-5-20)14(21)18-13-9-11(15)8-12(16)10-13/h8-10,17H,2-7H2,1H3,(H,18,21). The Morgan fingerprint density at radius 2 is 1.90 bits per heavy atom. The van der Waals surface area contributed by atoms with Gasteiger partial charge in [0.15, 0.2) is 0 Å². The summed E-state index contributed by atoms with van der Waals surface area (Å²) in [5.74, 6) is 0. The maximum absolute atomic E-state index is 12.1. The number of halogens is 2. The van der Waals surface area contributed by atoms with E-state index < -0.39 is 0 Å². The Labute approximate surface area is 135 Å². The summed E-state index contributed by atoms with van der Waals surface area (Å²) in [4.78, 5) is 16.1. The van der Waals surface area contributed by atoms with Crippen molar-refractivity contribution >= 4 is 34.9 Å². The summed E-state index contributed by atoms with van der Waals surface area (Å²) in [5, 5.41) is 7.11. The first kappa shape index (κ1) is 16.4. The van der Waals surface area contributed by atoms with Crippen LogP contribution in [0.4, 0.5) is 10.5 Å². The third-order valence-electron chi connectivity index (χ3n) is 3.42. The van der Waals surface area contributed by atoms with Crippen LogP contribution in [0.1, 0.15) is 0 Å². The minimum absolute atomic E-state index is 0.163. The van der Waals surface area contributed by atoms with E-state index in [-0.39, 0.29) is 6.03 Å². The van der Waals surface area contributed by atoms with Gasteiger partial charge in [0, 0.05) is 62.0 Å². The number of carbonyl (C=O) groups excluding carboxylic acids is 1. The van der Waals surface area contributed by atoms with Crippen LogP contribution in [0.15, 0.2) is 18.2 Å². The number of hydrogen-bond acceptors (Lipinski definition) is 3. The van der Waals surface area contributed by atoms with Gasteiger partial charge in [-0.05, 0) is 18.2 Å². The van der Waals surface area contributed by atoms with Gasteiger partial charge in [-0.15, -0.1) is 0 Å². The first-order valence-electron chi connectivity index (χ1n) is 6.96. The van der Waals surface area contributed by atoms with E-state index >= 15 is 0 Å². The summed E-state index contributed by atoms with van der Waals surface area (Å²) >= 11 is 11.8. The van der Waals surface area contributed by atoms with Gasteiger partial charge in [0.1, 0.15) is 0 Å². The van der Waals surface area contributed by atoms with E-state index in [1.807, 2.05) is 0 Å². The second kappa shape index (κ2) is 7.84. The number of carbonyl (C=O) groups is 1. The molecular formula is C14H20Cl2N4O. The maximum Gasteiger partial charge on any atom is 0.321 e. The number of hydrogen-bond donors (Lipinski definition) is 2. The summed E-state index contributed by atoms with van der Waals surface area (Å²) in [6.07, 6.45) is 0. The largest absolute Gasteiger partial charge is 0.326 e. The van der Waals surface area contributed by atoms with Crippen molar-refractivity contribution in [1.29, 1.82) is 0 Å². The smallest absolute Gasteiger partial charge is 0.321 e. The molecular weight excluding hydrogens is 311 g/mol. The molecule has 21 heavy (non-hydrogen) atoms. The Bertz CT molecular complexity index is 472. The van der Waals surface area contributed by atoms with Gasteiger partial charge in [0.25, 0.3) is 0 Å². The number of benzene rings is 1. The molecule has 0 spiro atoms. The first-order valence-corrected chi connectivity index (χ1v) is 7.71. The zero-order valence-electron chi connectivity index (χ0n) is 12.0. The van der Waals surface area contributed by atoms with Crippen molar-refractivity contribution in [1.82, 2.24) is 15.1 Å². The third kappa shape index (κ3) is 5.36. The average Bonchev–Trinajstić information content (AvgIpc) is 2.44. The molecule has 2 rings (SSSR count). The molecule has 2 amide bonds. The van der Waals surface area contributed by atoms with Crippen LogP contribution in [0.3, 0.4) is 0 Å². The molecule has 1 aromatic carbocycles. The van der Waals surface area contributed by atoms with Crippen molar-refractivity contribution in [3.8, 4) is 0 Å². The van der Waals surface area contributed by atoms with Gasteiger partial charge >= 0.3 is 6.03 Å². The summed E-state index contributed by atoms with van der Waals surface area (Å²) in [7, 11) is 1.78. The van der Waals surface area contributed by atoms with Gasteiger partial charge in [-0.3, -0.25) is 4.90 Å². The van der Waals surface area contributed by atoms with Crippen LogP contribution in [-0.2, 0) is 0 Å². The predicted octanol–water partition coefficient (Wildman–Crippen LogP) is 2.36. The van der Waals surface area contributed by atoms with E-state index in [4.69, 9.17) is 23.2 Å². The van der Waals surface area contributed by atoms with E-state index in [0.717, 1.165) is 32.7 Å². The van der Waals surface area contributed by atoms with Crippen LogP contribution in [0, 0.1) is 0 Å². The Hall–Kier alpha value is -1.01. The van der Waals surface area contributed by atoms with Crippen LogP contribution >= 0.6 is 23.2 Å². The lowest BCUT2D eigenvalue weighted by molar-refractivity contribution is 0.197. The van der Waals surface area contributed by atoms with Crippen LogP contribution in [0.25, 0.3) is 0 Å². The minimum atomic E-state index is -0.163. The van der Waals surface area contributed by atoms with E-state index in [9.17, 15) is 4.79 Å². The Morgan fingerprint density at radius 1 is 1.29 bits per heavy atom. The number of nitrogens with zero attached hydrogens (tertiary/aromatic N) is 2. The number of likely N-dealkylation sites (N-methyl/N-ethyl adjacent to an activating group) is 1. The topological polar surface area (TPSA) is 47.6 Å². The summed E-state index contributed by atoms with van der Waals surface area (Å²) < 4.78 is 0. The van der Waals surface area contributed by atoms with E-state index in [2.05, 4.69) is 15.5 Å². The predicted molar refractivity (Wildman–Crippen MR) is 87.4 cm³/mol. The highest BCUT2D eigenvalue weighted by molar-refractivity contribution is 6.35. The fourth-order valence-corrected chi connectivity index (χ4v) is 2.70. The third-order valence-corrected chi connectivity index (χ3v) is 3.86. The molecule has 7 heteroatoms. The lowest BCUT2D eigenvalue weighted by Gasteiger charge is -2.29. The molecule has 0 atom stereocenters. The molecule has 116 valence electrons. The highest BCUT2D eigenvalue weighted by Gasteiger charge is 2.13. The van der Waals surface area contributed by atoms with Gasteiger partial charge < -0.3 is 15.5 Å². The second-order valence-electron chi connectivity index (χ2n) is 5.10. The monoisotopic (exact) mass is 330 g/mol. The number of urea groups is 1. The van der Waals surface area contributed by atoms with Crippen molar-refractivity contribution in [3.05, 3.63) is 28.2 Å². The number of anilines is 1. The SMILES string of the molecule is CN(CCN1CCNCC1)C(=O)Nc1cc(Cl)cc(Cl)c1. The lowest BCUT2D eigenvalue weighted by Crippen LogP contribution is -2.46. The molecule has 0 unspecified atom stereocenters. The summed E-state index contributed by atoms with van der Waals surface area (Å²) in [6, 6.07) is 4.82. The minimum Gasteiger partial charge on any atom is -0.326 e. The molecule has 1 aliphatic heterocycles. The zero-order valence-corrected chi connectivity index (χ0v) is 13.5. The number of amides is 2. The van der Waals surface area contributed by atoms with Crippen LogP contribution in [0.2, 0.25) is 10.0 Å². The fourth-order valence-electron chi connectivity index (χ4n) is 2.17. The number of piperazine rings is 1. The Kier molecular flexibility index (Phi) is 6.11. The van der Waals surface area contributed by atoms with Crippen molar-refractivity contribution < 1.29 is 4.79 Å². The lowest BCUT2D eigenvalue weighted by atomic mass is 10.3. The zero-order chi connectivity index (χ0) is 15.2. The van der Waals surface area contributed by atoms with Crippen LogP contribution in [0.5, 0.6) is 0 Å². The van der Waals surface area contributed by atoms with Gasteiger partial charge in [-0.1, -0.05) is 23.2 Å². The second-order valence-corrected chi connectivity index (χ2v) is 5.97. The van der Waals surface area contributed by atoms with Gasteiger partial charge in [0.2, 0.25) is 0 Å². The molecule has 0 aliphatic carbocycles. The first-order chi connectivity index (χ1) is 10.0. The quantitative estimate of drug-likeness (QED) is 0.890. The Balaban J connectivity index is 1.81. The molecule has 0 saturated carbocycles. The van der Waals surface area contributed by atoms with E-state index in [0.29, 0.717) is 22.3 Å². The fraction of sp³-hybridized carbons (Fsp3) is 0.500. The molecule has 1 aromatic rings. The highest BCUT2D eigenvalue weighted by atomic mass is 35.5. The molecule has 1 aliphatic rings. The Morgan fingerprint density at radius 3 is 2.52 bits per heavy atom. The van der Waals surface area contributed by atoms with Gasteiger partial charge in [-0.25, -0.2) is 4.79 Å². The van der Waals surface area contributed by atoms with Crippen LogP contribution < -0.4 is 10.6 Å². The van der Waals surface area contributed by atoms with Crippen molar-refractivity contribution in [2.24, 2.45) is 0 Å². The van der Waals surface area contributed by atoms with Crippen LogP contribution in [-0.4, -0.2) is 62.1 Å². The molecule has 2 N–H and O–H groups in total. The molecule has 5 nitrogen and oxygen atoms in total.